The molecule has 0 spiro atoms. The van der Waals surface area contributed by atoms with E-state index in [0.29, 0.717) is 48.5 Å². The minimum Gasteiger partial charge on any atom is -0.486 e. The van der Waals surface area contributed by atoms with Gasteiger partial charge in [-0.05, 0) is 26.2 Å². The van der Waals surface area contributed by atoms with Crippen molar-refractivity contribution >= 4 is 50.7 Å². The summed E-state index contributed by atoms with van der Waals surface area (Å²) in [6.45, 7) is 2.05. The molecule has 0 N–H and O–H groups in total. The molecule has 1 amide bonds. The standard InChI is InChI=1S/C20H20N4O5S.ClH/c1-22(2)7-8-23(19(25)13-3-5-14(6-4-13)24(26)27)20-21-15-11-16-17(12-18(15)30-20)29-10-9-28-16;/h3-6,11-12H,7-10H2,1-2H3;1H. The molecule has 1 aliphatic heterocycles. The molecule has 164 valence electrons. The highest BCUT2D eigenvalue weighted by Gasteiger charge is 2.23. The number of amides is 1. The number of aromatic nitrogens is 1. The summed E-state index contributed by atoms with van der Waals surface area (Å²) in [6, 6.07) is 9.31. The summed E-state index contributed by atoms with van der Waals surface area (Å²) in [5.41, 5.74) is 1.03. The largest absolute Gasteiger partial charge is 0.486 e. The van der Waals surface area contributed by atoms with E-state index in [4.69, 9.17) is 9.47 Å². The van der Waals surface area contributed by atoms with Gasteiger partial charge in [-0.15, -0.1) is 12.4 Å². The van der Waals surface area contributed by atoms with Gasteiger partial charge in [0.1, 0.15) is 13.2 Å². The van der Waals surface area contributed by atoms with E-state index < -0.39 is 4.92 Å². The van der Waals surface area contributed by atoms with Crippen LogP contribution in [-0.2, 0) is 0 Å². The number of nitro groups is 1. The van der Waals surface area contributed by atoms with Crippen molar-refractivity contribution in [2.45, 2.75) is 0 Å². The van der Waals surface area contributed by atoms with Crippen LogP contribution in [0.25, 0.3) is 10.2 Å². The summed E-state index contributed by atoms with van der Waals surface area (Å²) in [6.07, 6.45) is 0. The first-order chi connectivity index (χ1) is 14.4. The summed E-state index contributed by atoms with van der Waals surface area (Å²) >= 11 is 1.39. The maximum atomic E-state index is 13.2. The number of anilines is 1. The second-order valence-corrected chi connectivity index (χ2v) is 8.03. The number of hydrogen-bond donors (Lipinski definition) is 0. The second-order valence-electron chi connectivity index (χ2n) is 7.02. The van der Waals surface area contributed by atoms with E-state index >= 15 is 0 Å². The van der Waals surface area contributed by atoms with Crippen LogP contribution in [0.2, 0.25) is 0 Å². The van der Waals surface area contributed by atoms with Crippen LogP contribution in [0.15, 0.2) is 36.4 Å². The molecule has 0 unspecified atom stereocenters. The van der Waals surface area contributed by atoms with E-state index in [0.717, 1.165) is 10.2 Å². The number of hydrogen-bond acceptors (Lipinski definition) is 8. The van der Waals surface area contributed by atoms with Crippen LogP contribution in [0.4, 0.5) is 10.8 Å². The lowest BCUT2D eigenvalue weighted by Crippen LogP contribution is -2.36. The number of non-ortho nitro benzene ring substituents is 1. The molecule has 0 fully saturated rings. The zero-order valence-corrected chi connectivity index (χ0v) is 18.6. The number of fused-ring (bicyclic) bond motifs is 2. The number of carbonyl (C=O) groups excluding carboxylic acids is 1. The zero-order chi connectivity index (χ0) is 21.3. The molecule has 4 rings (SSSR count). The molecule has 0 atom stereocenters. The molecule has 1 aromatic heterocycles. The third kappa shape index (κ3) is 4.87. The topological polar surface area (TPSA) is 98.0 Å². The van der Waals surface area contributed by atoms with Crippen molar-refractivity contribution in [3.8, 4) is 11.5 Å². The molecular weight excluding hydrogens is 444 g/mol. The summed E-state index contributed by atoms with van der Waals surface area (Å²) < 4.78 is 12.2. The number of rotatable bonds is 6. The Labute approximate surface area is 188 Å². The summed E-state index contributed by atoms with van der Waals surface area (Å²) in [5.74, 6) is 1.06. The van der Waals surface area contributed by atoms with E-state index in [2.05, 4.69) is 4.98 Å². The van der Waals surface area contributed by atoms with Crippen LogP contribution in [0.5, 0.6) is 11.5 Å². The Morgan fingerprint density at radius 3 is 2.39 bits per heavy atom. The highest BCUT2D eigenvalue weighted by Crippen LogP contribution is 2.39. The van der Waals surface area contributed by atoms with Crippen molar-refractivity contribution in [3.63, 3.8) is 0 Å². The number of halogens is 1. The number of nitro benzene ring substituents is 1. The number of carbonyl (C=O) groups is 1. The lowest BCUT2D eigenvalue weighted by atomic mass is 10.2. The third-order valence-corrected chi connectivity index (χ3v) is 5.65. The quantitative estimate of drug-likeness (QED) is 0.406. The van der Waals surface area contributed by atoms with E-state index in [1.54, 1.807) is 4.90 Å². The lowest BCUT2D eigenvalue weighted by molar-refractivity contribution is -0.384. The summed E-state index contributed by atoms with van der Waals surface area (Å²) in [4.78, 5) is 31.9. The normalized spacial score (nSPS) is 12.5. The van der Waals surface area contributed by atoms with Gasteiger partial charge in [0.25, 0.3) is 11.6 Å². The van der Waals surface area contributed by atoms with Crippen LogP contribution in [0.1, 0.15) is 10.4 Å². The van der Waals surface area contributed by atoms with Gasteiger partial charge in [0.15, 0.2) is 16.6 Å². The van der Waals surface area contributed by atoms with Gasteiger partial charge in [0.2, 0.25) is 0 Å². The van der Waals surface area contributed by atoms with Gasteiger partial charge in [0.05, 0.1) is 15.1 Å². The molecule has 9 nitrogen and oxygen atoms in total. The average Bonchev–Trinajstić information content (AvgIpc) is 3.14. The molecule has 0 bridgehead atoms. The van der Waals surface area contributed by atoms with Gasteiger partial charge in [-0.2, -0.15) is 0 Å². The molecule has 0 saturated carbocycles. The Balaban J connectivity index is 0.00000272. The van der Waals surface area contributed by atoms with Gasteiger partial charge in [0, 0.05) is 42.9 Å². The Hall–Kier alpha value is -2.95. The molecule has 11 heteroatoms. The molecule has 0 saturated heterocycles. The fourth-order valence-electron chi connectivity index (χ4n) is 3.03. The summed E-state index contributed by atoms with van der Waals surface area (Å²) in [5, 5.41) is 11.5. The molecular formula is C20H21ClN4O5S. The molecule has 3 aromatic rings. The number of thiazole rings is 1. The monoisotopic (exact) mass is 464 g/mol. The Bertz CT molecular complexity index is 1060. The van der Waals surface area contributed by atoms with Crippen LogP contribution in [-0.4, -0.2) is 61.1 Å². The predicted molar refractivity (Wildman–Crippen MR) is 121 cm³/mol. The van der Waals surface area contributed by atoms with Gasteiger partial charge in [-0.25, -0.2) is 4.98 Å². The third-order valence-electron chi connectivity index (χ3n) is 4.61. The van der Waals surface area contributed by atoms with Crippen LogP contribution in [0.3, 0.4) is 0 Å². The minimum atomic E-state index is -0.489. The Morgan fingerprint density at radius 2 is 1.77 bits per heavy atom. The van der Waals surface area contributed by atoms with Crippen molar-refractivity contribution in [1.29, 1.82) is 0 Å². The van der Waals surface area contributed by atoms with E-state index in [9.17, 15) is 14.9 Å². The zero-order valence-electron chi connectivity index (χ0n) is 16.9. The van der Waals surface area contributed by atoms with Crippen molar-refractivity contribution in [3.05, 3.63) is 52.1 Å². The Morgan fingerprint density at radius 1 is 1.13 bits per heavy atom. The van der Waals surface area contributed by atoms with Crippen LogP contribution < -0.4 is 14.4 Å². The van der Waals surface area contributed by atoms with E-state index in [1.807, 2.05) is 31.1 Å². The number of likely N-dealkylation sites (N-methyl/N-ethyl adjacent to an activating group) is 1. The van der Waals surface area contributed by atoms with Crippen molar-refractivity contribution in [1.82, 2.24) is 9.88 Å². The van der Waals surface area contributed by atoms with Gasteiger partial charge in [-0.1, -0.05) is 11.3 Å². The van der Waals surface area contributed by atoms with Gasteiger partial charge < -0.3 is 14.4 Å². The average molecular weight is 465 g/mol. The molecule has 2 aromatic carbocycles. The Kier molecular flexibility index (Phi) is 6.94. The highest BCUT2D eigenvalue weighted by molar-refractivity contribution is 7.22. The summed E-state index contributed by atoms with van der Waals surface area (Å²) in [7, 11) is 3.85. The lowest BCUT2D eigenvalue weighted by Gasteiger charge is -2.22. The number of nitrogens with zero attached hydrogens (tertiary/aromatic N) is 4. The molecule has 0 radical (unpaired) electrons. The number of benzene rings is 2. The van der Waals surface area contributed by atoms with Crippen molar-refractivity contribution < 1.29 is 19.2 Å². The van der Waals surface area contributed by atoms with Crippen molar-refractivity contribution in [2.75, 3.05) is 45.3 Å². The van der Waals surface area contributed by atoms with Crippen LogP contribution in [0, 0.1) is 10.1 Å². The SMILES string of the molecule is CN(C)CCN(C(=O)c1ccc([N+](=O)[O-])cc1)c1nc2cc3c(cc2s1)OCCO3.Cl. The van der Waals surface area contributed by atoms with Crippen LogP contribution >= 0.6 is 23.7 Å². The fourth-order valence-corrected chi connectivity index (χ4v) is 4.03. The first kappa shape index (κ1) is 22.7. The fraction of sp³-hybridized carbons (Fsp3) is 0.300. The first-order valence-corrected chi connectivity index (χ1v) is 10.2. The predicted octanol–water partition coefficient (Wildman–Crippen LogP) is 3.61. The first-order valence-electron chi connectivity index (χ1n) is 9.33. The maximum Gasteiger partial charge on any atom is 0.269 e. The molecule has 0 aliphatic carbocycles. The van der Waals surface area contributed by atoms with Crippen molar-refractivity contribution in [2.24, 2.45) is 0 Å². The van der Waals surface area contributed by atoms with E-state index in [-0.39, 0.29) is 24.0 Å². The van der Waals surface area contributed by atoms with Gasteiger partial charge in [-0.3, -0.25) is 19.8 Å². The second kappa shape index (κ2) is 9.46. The maximum absolute atomic E-state index is 13.2. The smallest absolute Gasteiger partial charge is 0.269 e. The minimum absolute atomic E-state index is 0. The van der Waals surface area contributed by atoms with E-state index in [1.165, 1.54) is 35.6 Å². The molecule has 31 heavy (non-hydrogen) atoms. The highest BCUT2D eigenvalue weighted by atomic mass is 35.5. The van der Waals surface area contributed by atoms with Gasteiger partial charge >= 0.3 is 0 Å². The number of ether oxygens (including phenoxy) is 2. The molecule has 2 heterocycles. The molecule has 1 aliphatic rings.